The number of Topliss-reactive ketones (excluding diaryl/α,β-unsaturated/α-hetero) is 2. The van der Waals surface area contributed by atoms with Gasteiger partial charge in [-0.3, -0.25) is 14.6 Å². The van der Waals surface area contributed by atoms with Gasteiger partial charge in [-0.1, -0.05) is 54.6 Å². The van der Waals surface area contributed by atoms with Crippen molar-refractivity contribution in [2.45, 2.75) is 0 Å². The number of nitrogens with zero attached hydrogens (tertiary/aromatic N) is 1. The van der Waals surface area contributed by atoms with Crippen molar-refractivity contribution < 1.29 is 14.3 Å². The molecule has 0 fully saturated rings. The topological polar surface area (TPSA) is 55.7 Å². The summed E-state index contributed by atoms with van der Waals surface area (Å²) in [6.07, 6.45) is 0. The van der Waals surface area contributed by atoms with Crippen molar-refractivity contribution in [2.75, 3.05) is 7.11 Å². The van der Waals surface area contributed by atoms with Crippen LogP contribution < -0.4 is 4.74 Å². The lowest BCUT2D eigenvalue weighted by molar-refractivity contribution is 0.0884. The van der Waals surface area contributed by atoms with E-state index in [0.29, 0.717) is 22.5 Å². The number of hydrogen-bond donors (Lipinski definition) is 0. The molecule has 0 aliphatic heterocycles. The highest BCUT2D eigenvalue weighted by atomic mass is 16.5. The number of ether oxygens (including phenoxy) is 1. The van der Waals surface area contributed by atoms with Crippen molar-refractivity contribution in [3.63, 3.8) is 0 Å². The van der Waals surface area contributed by atoms with Gasteiger partial charge < -0.3 is 4.74 Å². The Hall–Kier alpha value is -3.53. The number of aliphatic imine (C=N–C) groups is 1. The third kappa shape index (κ3) is 3.06. The number of methoxy groups -OCH3 is 1. The van der Waals surface area contributed by atoms with Crippen LogP contribution in [-0.2, 0) is 0 Å². The van der Waals surface area contributed by atoms with Crippen LogP contribution in [0.15, 0.2) is 83.9 Å². The molecule has 0 saturated carbocycles. The van der Waals surface area contributed by atoms with E-state index in [1.165, 1.54) is 0 Å². The van der Waals surface area contributed by atoms with Gasteiger partial charge in [0.15, 0.2) is 11.6 Å². The van der Waals surface area contributed by atoms with Gasteiger partial charge in [0.25, 0.3) is 0 Å². The van der Waals surface area contributed by atoms with E-state index >= 15 is 0 Å². The predicted octanol–water partition coefficient (Wildman–Crippen LogP) is 4.51. The van der Waals surface area contributed by atoms with Crippen LogP contribution in [0.2, 0.25) is 0 Å². The quantitative estimate of drug-likeness (QED) is 0.511. The lowest BCUT2D eigenvalue weighted by atomic mass is 9.92. The highest BCUT2D eigenvalue weighted by Gasteiger charge is 2.41. The summed E-state index contributed by atoms with van der Waals surface area (Å²) in [4.78, 5) is 30.7. The van der Waals surface area contributed by atoms with E-state index in [0.717, 1.165) is 11.3 Å². The zero-order chi connectivity index (χ0) is 18.8. The van der Waals surface area contributed by atoms with Crippen LogP contribution in [0.1, 0.15) is 26.3 Å². The Morgan fingerprint density at radius 2 is 1.33 bits per heavy atom. The second-order valence-electron chi connectivity index (χ2n) is 6.27. The number of benzene rings is 3. The third-order valence-corrected chi connectivity index (χ3v) is 4.65. The monoisotopic (exact) mass is 355 g/mol. The Morgan fingerprint density at radius 3 is 1.89 bits per heavy atom. The molecule has 0 heterocycles. The fourth-order valence-electron chi connectivity index (χ4n) is 3.29. The molecule has 0 aromatic heterocycles. The number of carbonyl (C=O) groups excluding carboxylic acids is 2. The van der Waals surface area contributed by atoms with E-state index in [1.54, 1.807) is 55.6 Å². The van der Waals surface area contributed by atoms with Crippen molar-refractivity contribution in [3.8, 4) is 5.75 Å². The van der Waals surface area contributed by atoms with Gasteiger partial charge in [0.1, 0.15) is 11.7 Å². The molecule has 27 heavy (non-hydrogen) atoms. The predicted molar refractivity (Wildman–Crippen MR) is 104 cm³/mol. The number of carbonyl (C=O) groups is 2. The molecule has 0 N–H and O–H groups in total. The van der Waals surface area contributed by atoms with E-state index in [1.807, 2.05) is 30.3 Å². The molecule has 3 aromatic carbocycles. The van der Waals surface area contributed by atoms with E-state index in [4.69, 9.17) is 4.74 Å². The highest BCUT2D eigenvalue weighted by molar-refractivity contribution is 6.39. The van der Waals surface area contributed by atoms with Gasteiger partial charge in [0.2, 0.25) is 0 Å². The molecular formula is C23H17NO3. The molecule has 4 nitrogen and oxygen atoms in total. The SMILES string of the molecule is COc1ccc(N=C(c2ccccc2)C2C(=O)c3ccccc3C2=O)cc1. The van der Waals surface area contributed by atoms with Crippen molar-refractivity contribution in [1.82, 2.24) is 0 Å². The zero-order valence-corrected chi connectivity index (χ0v) is 14.8. The third-order valence-electron chi connectivity index (χ3n) is 4.65. The number of fused-ring (bicyclic) bond motifs is 1. The molecule has 0 bridgehead atoms. The van der Waals surface area contributed by atoms with Gasteiger partial charge in [-0.2, -0.15) is 0 Å². The summed E-state index contributed by atoms with van der Waals surface area (Å²) < 4.78 is 5.18. The number of hydrogen-bond acceptors (Lipinski definition) is 4. The summed E-state index contributed by atoms with van der Waals surface area (Å²) in [6, 6.07) is 23.5. The van der Waals surface area contributed by atoms with E-state index in [9.17, 15) is 9.59 Å². The lowest BCUT2D eigenvalue weighted by Crippen LogP contribution is -2.26. The zero-order valence-electron chi connectivity index (χ0n) is 14.8. The van der Waals surface area contributed by atoms with Gasteiger partial charge in [0, 0.05) is 11.1 Å². The van der Waals surface area contributed by atoms with Crippen LogP contribution in [0, 0.1) is 5.92 Å². The maximum atomic E-state index is 13.0. The number of ketones is 2. The van der Waals surface area contributed by atoms with Crippen LogP contribution in [0.5, 0.6) is 5.75 Å². The molecule has 0 spiro atoms. The van der Waals surface area contributed by atoms with Crippen molar-refractivity contribution in [2.24, 2.45) is 10.9 Å². The molecule has 0 saturated heterocycles. The summed E-state index contributed by atoms with van der Waals surface area (Å²) in [6.45, 7) is 0. The Labute approximate surface area is 157 Å². The van der Waals surface area contributed by atoms with E-state index < -0.39 is 5.92 Å². The fraction of sp³-hybridized carbons (Fsp3) is 0.0870. The fourth-order valence-corrected chi connectivity index (χ4v) is 3.29. The summed E-state index contributed by atoms with van der Waals surface area (Å²) in [5.74, 6) is -0.610. The van der Waals surface area contributed by atoms with Crippen molar-refractivity contribution in [3.05, 3.63) is 95.6 Å². The molecular weight excluding hydrogens is 338 g/mol. The smallest absolute Gasteiger partial charge is 0.180 e. The normalized spacial score (nSPS) is 14.3. The molecule has 0 amide bonds. The summed E-state index contributed by atoms with van der Waals surface area (Å²) in [5, 5.41) is 0. The molecule has 0 unspecified atom stereocenters. The van der Waals surface area contributed by atoms with Crippen LogP contribution in [0.25, 0.3) is 0 Å². The average Bonchev–Trinajstić information content (AvgIpc) is 2.98. The molecule has 0 atom stereocenters. The van der Waals surface area contributed by atoms with Crippen LogP contribution in [-0.4, -0.2) is 24.4 Å². The Balaban J connectivity index is 1.83. The molecule has 132 valence electrons. The minimum atomic E-state index is -0.924. The van der Waals surface area contributed by atoms with E-state index in [2.05, 4.69) is 4.99 Å². The molecule has 3 aromatic rings. The summed E-state index contributed by atoms with van der Waals surface area (Å²) in [5.41, 5.74) is 2.81. The van der Waals surface area contributed by atoms with E-state index in [-0.39, 0.29) is 11.6 Å². The summed E-state index contributed by atoms with van der Waals surface area (Å²) >= 11 is 0. The molecule has 4 rings (SSSR count). The van der Waals surface area contributed by atoms with Crippen LogP contribution >= 0.6 is 0 Å². The van der Waals surface area contributed by atoms with Gasteiger partial charge >= 0.3 is 0 Å². The summed E-state index contributed by atoms with van der Waals surface area (Å²) in [7, 11) is 1.60. The second-order valence-corrected chi connectivity index (χ2v) is 6.27. The maximum Gasteiger partial charge on any atom is 0.180 e. The maximum absolute atomic E-state index is 13.0. The molecule has 1 aliphatic carbocycles. The Kier molecular flexibility index (Phi) is 4.38. The second kappa shape index (κ2) is 7.00. The lowest BCUT2D eigenvalue weighted by Gasteiger charge is -2.12. The first kappa shape index (κ1) is 16.9. The first-order valence-electron chi connectivity index (χ1n) is 8.64. The number of rotatable bonds is 4. The van der Waals surface area contributed by atoms with Crippen LogP contribution in [0.4, 0.5) is 5.69 Å². The standard InChI is InChI=1S/C23H17NO3/c1-27-17-13-11-16(12-14-17)24-21(15-7-3-2-4-8-15)20-22(25)18-9-5-6-10-19(18)23(20)26/h2-14,20H,1H3. The van der Waals surface area contributed by atoms with Crippen LogP contribution in [0.3, 0.4) is 0 Å². The molecule has 4 heteroatoms. The largest absolute Gasteiger partial charge is 0.497 e. The van der Waals surface area contributed by atoms with Gasteiger partial charge in [-0.05, 0) is 29.8 Å². The molecule has 0 radical (unpaired) electrons. The minimum absolute atomic E-state index is 0.202. The highest BCUT2D eigenvalue weighted by Crippen LogP contribution is 2.31. The van der Waals surface area contributed by atoms with Crippen molar-refractivity contribution >= 4 is 23.0 Å². The minimum Gasteiger partial charge on any atom is -0.497 e. The average molecular weight is 355 g/mol. The van der Waals surface area contributed by atoms with Crippen molar-refractivity contribution in [1.29, 1.82) is 0 Å². The van der Waals surface area contributed by atoms with Gasteiger partial charge in [0.05, 0.1) is 18.5 Å². The first-order chi connectivity index (χ1) is 13.2. The first-order valence-corrected chi connectivity index (χ1v) is 8.64. The molecule has 1 aliphatic rings. The Morgan fingerprint density at radius 1 is 0.778 bits per heavy atom. The van der Waals surface area contributed by atoms with Gasteiger partial charge in [-0.15, -0.1) is 0 Å². The Bertz CT molecular complexity index is 1000. The van der Waals surface area contributed by atoms with Gasteiger partial charge in [-0.25, -0.2) is 0 Å².